The molecule has 0 saturated heterocycles. The van der Waals surface area contributed by atoms with Gasteiger partial charge in [-0.2, -0.15) is 17.6 Å². The molecule has 7 nitrogen and oxygen atoms in total. The number of thioether (sulfide) groups is 1. The van der Waals surface area contributed by atoms with Gasteiger partial charge in [-0.15, -0.1) is 0 Å². The number of hydrogen-bond donors (Lipinski definition) is 2. The molecule has 0 bridgehead atoms. The molecule has 0 atom stereocenters. The zero-order chi connectivity index (χ0) is 63.0. The third-order valence-corrected chi connectivity index (χ3v) is 21.3. The minimum Gasteiger partial charge on any atom is -0.741 e. The first-order valence-electron chi connectivity index (χ1n) is 31.4. The van der Waals surface area contributed by atoms with Crippen LogP contribution in [0.5, 0.6) is 23.0 Å². The van der Waals surface area contributed by atoms with Crippen molar-refractivity contribution in [1.29, 1.82) is 0 Å². The summed E-state index contributed by atoms with van der Waals surface area (Å²) in [6.45, 7) is 4.60. The fourth-order valence-electron chi connectivity index (χ4n) is 13.5. The van der Waals surface area contributed by atoms with E-state index in [1.807, 2.05) is 144 Å². The van der Waals surface area contributed by atoms with Crippen LogP contribution in [-0.2, 0) is 27.5 Å². The SMILES string of the molecule is CCCC1CCC(c2ccc(C3(F)Oc4ccc5ccccc5c4-c4c(ccc5ccccc45)O3)cc2)CC1.CCCC1CCC(c2ccc(C3=[S+]CCCS3)cc2)CC1.O=S(=O)([O-])C(F)(F)F.Oc1ccc2ccccc2c1-c1c(O)ccc2ccccc12. The first-order valence-corrected chi connectivity index (χ1v) is 34.8. The van der Waals surface area contributed by atoms with Crippen molar-refractivity contribution >= 4 is 80.5 Å². The predicted octanol–water partition coefficient (Wildman–Crippen LogP) is 20.9. The van der Waals surface area contributed by atoms with Gasteiger partial charge >= 0.3 is 11.5 Å². The summed E-state index contributed by atoms with van der Waals surface area (Å²) in [5, 5.41) is 28.9. The second kappa shape index (κ2) is 28.4. The summed E-state index contributed by atoms with van der Waals surface area (Å²) in [7, 11) is -6.09. The highest BCUT2D eigenvalue weighted by atomic mass is 32.2. The Morgan fingerprint density at radius 1 is 0.522 bits per heavy atom. The van der Waals surface area contributed by atoms with Gasteiger partial charge in [0, 0.05) is 40.0 Å². The van der Waals surface area contributed by atoms with E-state index >= 15 is 4.39 Å². The first kappa shape index (κ1) is 64.1. The molecule has 2 heterocycles. The third kappa shape index (κ3) is 14.5. The van der Waals surface area contributed by atoms with Crippen LogP contribution < -0.4 is 9.47 Å². The van der Waals surface area contributed by atoms with Gasteiger partial charge in [0.05, 0.1) is 5.56 Å². The van der Waals surface area contributed by atoms with Crippen molar-refractivity contribution in [3.8, 4) is 45.3 Å². The van der Waals surface area contributed by atoms with Crippen molar-refractivity contribution < 1.29 is 50.2 Å². The number of ether oxygens (including phenoxy) is 2. The third-order valence-electron chi connectivity index (χ3n) is 18.0. The minimum absolute atomic E-state index is 0.172. The number of phenolic OH excluding ortho intramolecular Hbond substituents is 2. The molecule has 10 aromatic rings. The van der Waals surface area contributed by atoms with Gasteiger partial charge in [0.25, 0.3) is 4.20 Å². The zero-order valence-electron chi connectivity index (χ0n) is 50.6. The zero-order valence-corrected chi connectivity index (χ0v) is 53.0. The minimum atomic E-state index is -6.09. The van der Waals surface area contributed by atoms with Crippen LogP contribution in [0.2, 0.25) is 0 Å². The lowest BCUT2D eigenvalue weighted by atomic mass is 9.77. The molecule has 0 unspecified atom stereocenters. The Balaban J connectivity index is 0.000000139. The van der Waals surface area contributed by atoms with Crippen LogP contribution in [-0.4, -0.2) is 44.4 Å². The average Bonchev–Trinajstić information content (AvgIpc) is 1.56. The number of rotatable bonds is 9. The quantitative estimate of drug-likeness (QED) is 0.0483. The Labute approximate surface area is 533 Å². The average molecular weight is 1270 g/mol. The van der Waals surface area contributed by atoms with Gasteiger partial charge in [-0.05, 0) is 178 Å². The van der Waals surface area contributed by atoms with Crippen LogP contribution in [0.15, 0.2) is 194 Å². The Morgan fingerprint density at radius 3 is 1.26 bits per heavy atom. The molecular weight excluding hydrogens is 1200 g/mol. The molecule has 0 amide bonds. The largest absolute Gasteiger partial charge is 0.741 e. The summed E-state index contributed by atoms with van der Waals surface area (Å²) in [6, 6.07) is 61.8. The Bertz CT molecular complexity index is 4100. The summed E-state index contributed by atoms with van der Waals surface area (Å²) >= 11 is 4.09. The molecule has 10 aromatic carbocycles. The van der Waals surface area contributed by atoms with E-state index in [0.29, 0.717) is 34.1 Å². The monoisotopic (exact) mass is 1270 g/mol. The lowest BCUT2D eigenvalue weighted by Gasteiger charge is -2.29. The summed E-state index contributed by atoms with van der Waals surface area (Å²) in [5.41, 5.74) is 2.11. The molecular formula is C76H74F4O7S3. The summed E-state index contributed by atoms with van der Waals surface area (Å²) in [5.74, 6) is 7.12. The lowest BCUT2D eigenvalue weighted by Crippen LogP contribution is -2.34. The van der Waals surface area contributed by atoms with Crippen molar-refractivity contribution in [2.45, 2.75) is 121 Å². The van der Waals surface area contributed by atoms with E-state index in [4.69, 9.17) is 22.4 Å². The Kier molecular flexibility index (Phi) is 20.2. The number of phenols is 2. The summed E-state index contributed by atoms with van der Waals surface area (Å²) < 4.78 is 89.8. The first-order chi connectivity index (χ1) is 43.5. The van der Waals surface area contributed by atoms with Crippen LogP contribution in [0.25, 0.3) is 65.3 Å². The van der Waals surface area contributed by atoms with Gasteiger partial charge in [-0.1, -0.05) is 197 Å². The van der Waals surface area contributed by atoms with Crippen LogP contribution in [0, 0.1) is 11.8 Å². The van der Waals surface area contributed by atoms with Crippen molar-refractivity contribution in [2.24, 2.45) is 11.8 Å². The van der Waals surface area contributed by atoms with Gasteiger partial charge in [0.2, 0.25) is 0 Å². The number of aromatic hydroxyl groups is 2. The van der Waals surface area contributed by atoms with Crippen LogP contribution in [0.3, 0.4) is 0 Å². The molecule has 0 aromatic heterocycles. The van der Waals surface area contributed by atoms with Gasteiger partial charge < -0.3 is 24.2 Å². The van der Waals surface area contributed by atoms with Crippen LogP contribution in [0.4, 0.5) is 17.6 Å². The molecule has 0 spiro atoms. The topological polar surface area (TPSA) is 116 Å². The van der Waals surface area contributed by atoms with E-state index in [1.165, 1.54) is 106 Å². The Hall–Kier alpha value is -7.49. The lowest BCUT2D eigenvalue weighted by molar-refractivity contribution is -0.224. The fraction of sp³-hybridized carbons (Fsp3) is 0.303. The summed E-state index contributed by atoms with van der Waals surface area (Å²) in [4.78, 5) is 0. The molecule has 2 fully saturated rings. The van der Waals surface area contributed by atoms with E-state index in [-0.39, 0.29) is 11.5 Å². The number of alkyl halides is 4. The highest BCUT2D eigenvalue weighted by molar-refractivity contribution is 8.23. The molecule has 90 heavy (non-hydrogen) atoms. The van der Waals surface area contributed by atoms with Gasteiger partial charge in [0.15, 0.2) is 27.2 Å². The number of fused-ring (bicyclic) bond motifs is 9. The van der Waals surface area contributed by atoms with Crippen molar-refractivity contribution in [3.63, 3.8) is 0 Å². The molecule has 0 radical (unpaired) electrons. The molecule has 2 aliphatic heterocycles. The molecule has 14 heteroatoms. The summed E-state index contributed by atoms with van der Waals surface area (Å²) in [6.07, 6.45) is 17.5. The standard InChI is InChI=1S/C36H33FO2.C20H14O2.C19H27S2.CHF3O3S/c1-2-7-24-12-14-25(15-13-24)26-16-20-29(21-17-26)36(37)38-32-22-18-27-8-3-5-10-30(27)34(32)35-31-11-6-4-9-28(31)19-23-33(35)39-36;21-17-11-9-13-5-1-3-7-15(13)19(17)20-16-8-4-2-6-14(16)10-12-18(20)22;1-2-4-15-5-7-16(8-6-15)17-9-11-18(12-10-17)19-20-13-3-14-21-19;2-1(3,4)8(5,6)7/h3-6,8-11,16-25H,2,7,12-15H2,1H3;1-12,21-22H;9-12,15-16H,2-8,13-14H2,1H3;(H,5,6,7)/q;;+1;/p-1. The fourth-order valence-corrected chi connectivity index (χ4v) is 16.1. The highest BCUT2D eigenvalue weighted by Gasteiger charge is 2.43. The maximum absolute atomic E-state index is 17.0. The van der Waals surface area contributed by atoms with E-state index in [0.717, 1.165) is 72.0 Å². The van der Waals surface area contributed by atoms with Crippen molar-refractivity contribution in [2.75, 3.05) is 11.5 Å². The molecule has 2 N–H and O–H groups in total. The molecule has 4 aliphatic rings. The maximum Gasteiger partial charge on any atom is 0.485 e. The second-order valence-corrected chi connectivity index (χ2v) is 27.8. The maximum atomic E-state index is 17.0. The van der Waals surface area contributed by atoms with Crippen LogP contribution >= 0.6 is 11.8 Å². The van der Waals surface area contributed by atoms with Gasteiger partial charge in [-0.25, -0.2) is 8.42 Å². The molecule has 2 aliphatic carbocycles. The normalized spacial score (nSPS) is 18.8. The highest BCUT2D eigenvalue weighted by Crippen LogP contribution is 2.52. The smallest absolute Gasteiger partial charge is 0.485 e. The van der Waals surface area contributed by atoms with Gasteiger partial charge in [0.1, 0.15) is 23.0 Å². The van der Waals surface area contributed by atoms with Crippen molar-refractivity contribution in [1.82, 2.24) is 0 Å². The van der Waals surface area contributed by atoms with Crippen molar-refractivity contribution in [3.05, 3.63) is 216 Å². The second-order valence-electron chi connectivity index (χ2n) is 23.9. The van der Waals surface area contributed by atoms with E-state index in [2.05, 4.69) is 74.5 Å². The van der Waals surface area contributed by atoms with E-state index < -0.39 is 21.7 Å². The Morgan fingerprint density at radius 2 is 0.889 bits per heavy atom. The number of hydrogen-bond acceptors (Lipinski definition) is 8. The van der Waals surface area contributed by atoms with Crippen LogP contribution in [0.1, 0.15) is 131 Å². The predicted molar refractivity (Wildman–Crippen MR) is 362 cm³/mol. The molecule has 466 valence electrons. The van der Waals surface area contributed by atoms with E-state index in [1.54, 1.807) is 21.9 Å². The number of halogens is 4. The van der Waals surface area contributed by atoms with Gasteiger partial charge in [-0.3, -0.25) is 0 Å². The molecule has 14 rings (SSSR count). The van der Waals surface area contributed by atoms with E-state index in [9.17, 15) is 23.4 Å². The number of benzene rings is 10. The molecule has 2 saturated carbocycles.